The smallest absolute Gasteiger partial charge is 0.331 e. The summed E-state index contributed by atoms with van der Waals surface area (Å²) in [5.41, 5.74) is 1.66. The molecule has 0 fully saturated rings. The van der Waals surface area contributed by atoms with Crippen LogP contribution >= 0.6 is 15.9 Å². The first kappa shape index (κ1) is 16.4. The summed E-state index contributed by atoms with van der Waals surface area (Å²) in [4.78, 5) is 11.9. The normalized spacial score (nSPS) is 12.4. The molecule has 5 nitrogen and oxygen atoms in total. The minimum Gasteiger partial charge on any atom is -0.497 e. The molecular formula is C18H15BrO5. The van der Waals surface area contributed by atoms with Crippen molar-refractivity contribution in [1.29, 1.82) is 0 Å². The molecule has 3 rings (SSSR count). The first-order valence-electron chi connectivity index (χ1n) is 7.22. The molecule has 6 heteroatoms. The highest BCUT2D eigenvalue weighted by atomic mass is 79.9. The van der Waals surface area contributed by atoms with Crippen molar-refractivity contribution in [3.63, 3.8) is 0 Å². The van der Waals surface area contributed by atoms with E-state index in [1.807, 2.05) is 24.3 Å². The lowest BCUT2D eigenvalue weighted by atomic mass is 10.2. The maximum Gasteiger partial charge on any atom is 0.331 e. The molecule has 0 aliphatic carbocycles. The number of ether oxygens (including phenoxy) is 4. The number of halogens is 1. The number of rotatable bonds is 5. The molecule has 0 spiro atoms. The fourth-order valence-corrected chi connectivity index (χ4v) is 2.61. The van der Waals surface area contributed by atoms with Crippen LogP contribution in [0.3, 0.4) is 0 Å². The third-order valence-electron chi connectivity index (χ3n) is 3.42. The number of fused-ring (bicyclic) bond motifs is 1. The molecule has 0 radical (unpaired) electrons. The van der Waals surface area contributed by atoms with Crippen LogP contribution in [0.15, 0.2) is 46.9 Å². The average Bonchev–Trinajstić information content (AvgIpc) is 3.05. The van der Waals surface area contributed by atoms with E-state index >= 15 is 0 Å². The molecule has 0 N–H and O–H groups in total. The summed E-state index contributed by atoms with van der Waals surface area (Å²) in [7, 11) is 1.60. The first-order valence-corrected chi connectivity index (χ1v) is 8.02. The number of hydrogen-bond acceptors (Lipinski definition) is 5. The van der Waals surface area contributed by atoms with Crippen LogP contribution in [0, 0.1) is 0 Å². The molecule has 0 aromatic heterocycles. The average molecular weight is 391 g/mol. The first-order chi connectivity index (χ1) is 11.7. The molecule has 1 aliphatic rings. The predicted molar refractivity (Wildman–Crippen MR) is 92.1 cm³/mol. The molecule has 0 atom stereocenters. The second kappa shape index (κ2) is 7.40. The Morgan fingerprint density at radius 1 is 1.25 bits per heavy atom. The van der Waals surface area contributed by atoms with E-state index in [1.165, 1.54) is 6.08 Å². The van der Waals surface area contributed by atoms with Crippen LogP contribution in [0.4, 0.5) is 0 Å². The van der Waals surface area contributed by atoms with Crippen molar-refractivity contribution in [3.8, 4) is 17.2 Å². The highest BCUT2D eigenvalue weighted by Crippen LogP contribution is 2.37. The van der Waals surface area contributed by atoms with Gasteiger partial charge in [-0.3, -0.25) is 0 Å². The zero-order valence-corrected chi connectivity index (χ0v) is 14.5. The van der Waals surface area contributed by atoms with Crippen LogP contribution in [-0.4, -0.2) is 19.9 Å². The minimum atomic E-state index is -0.428. The summed E-state index contributed by atoms with van der Waals surface area (Å²) in [5, 5.41) is 0. The molecule has 0 saturated carbocycles. The van der Waals surface area contributed by atoms with E-state index in [9.17, 15) is 4.79 Å². The van der Waals surface area contributed by atoms with Crippen LogP contribution in [0.1, 0.15) is 11.1 Å². The molecule has 0 amide bonds. The molecule has 0 bridgehead atoms. The van der Waals surface area contributed by atoms with Crippen molar-refractivity contribution in [2.75, 3.05) is 13.9 Å². The summed E-state index contributed by atoms with van der Waals surface area (Å²) >= 11 is 3.43. The van der Waals surface area contributed by atoms with E-state index in [1.54, 1.807) is 25.3 Å². The van der Waals surface area contributed by atoms with Gasteiger partial charge in [-0.1, -0.05) is 28.1 Å². The highest BCUT2D eigenvalue weighted by molar-refractivity contribution is 9.10. The standard InChI is InChI=1S/C18H15BrO5/c1-21-14-4-2-3-12(7-14)5-6-18(20)22-10-13-8-16-17(9-15(13)19)24-11-23-16/h2-9H,10-11H2,1H3/b6-5+. The van der Waals surface area contributed by atoms with Gasteiger partial charge < -0.3 is 18.9 Å². The Morgan fingerprint density at radius 3 is 2.83 bits per heavy atom. The van der Waals surface area contributed by atoms with Gasteiger partial charge in [0.1, 0.15) is 12.4 Å². The van der Waals surface area contributed by atoms with Gasteiger partial charge in [0.25, 0.3) is 0 Å². The molecule has 2 aromatic rings. The maximum absolute atomic E-state index is 11.9. The van der Waals surface area contributed by atoms with Gasteiger partial charge in [0.05, 0.1) is 7.11 Å². The van der Waals surface area contributed by atoms with Gasteiger partial charge in [0.15, 0.2) is 11.5 Å². The lowest BCUT2D eigenvalue weighted by molar-refractivity contribution is -0.138. The van der Waals surface area contributed by atoms with Gasteiger partial charge in [-0.05, 0) is 35.9 Å². The van der Waals surface area contributed by atoms with Crippen molar-refractivity contribution in [3.05, 3.63) is 58.1 Å². The van der Waals surface area contributed by atoms with Crippen molar-refractivity contribution in [1.82, 2.24) is 0 Å². The van der Waals surface area contributed by atoms with Crippen LogP contribution in [-0.2, 0) is 16.1 Å². The van der Waals surface area contributed by atoms with Crippen LogP contribution in [0.2, 0.25) is 0 Å². The summed E-state index contributed by atoms with van der Waals surface area (Å²) in [5.74, 6) is 1.63. The third-order valence-corrected chi connectivity index (χ3v) is 4.16. The quantitative estimate of drug-likeness (QED) is 0.571. The van der Waals surface area contributed by atoms with E-state index in [-0.39, 0.29) is 13.4 Å². The summed E-state index contributed by atoms with van der Waals surface area (Å²) in [6.45, 7) is 0.340. The molecule has 124 valence electrons. The van der Waals surface area contributed by atoms with Crippen molar-refractivity contribution in [2.24, 2.45) is 0 Å². The molecule has 2 aromatic carbocycles. The van der Waals surface area contributed by atoms with Gasteiger partial charge in [-0.15, -0.1) is 0 Å². The molecule has 0 saturated heterocycles. The Bertz CT molecular complexity index is 785. The zero-order chi connectivity index (χ0) is 16.9. The van der Waals surface area contributed by atoms with Crippen molar-refractivity contribution < 1.29 is 23.7 Å². The number of benzene rings is 2. The van der Waals surface area contributed by atoms with Gasteiger partial charge in [-0.25, -0.2) is 4.79 Å². The van der Waals surface area contributed by atoms with Crippen LogP contribution in [0.5, 0.6) is 17.2 Å². The van der Waals surface area contributed by atoms with Gasteiger partial charge in [0, 0.05) is 16.1 Å². The van der Waals surface area contributed by atoms with Crippen LogP contribution < -0.4 is 14.2 Å². The minimum absolute atomic E-state index is 0.137. The number of methoxy groups -OCH3 is 1. The van der Waals surface area contributed by atoms with E-state index in [0.717, 1.165) is 21.3 Å². The predicted octanol–water partition coefficient (Wildman–Crippen LogP) is 3.94. The molecule has 1 heterocycles. The lowest BCUT2D eigenvalue weighted by Crippen LogP contribution is -2.01. The van der Waals surface area contributed by atoms with Gasteiger partial charge in [-0.2, -0.15) is 0 Å². The molecule has 1 aliphatic heterocycles. The fraction of sp³-hybridized carbons (Fsp3) is 0.167. The maximum atomic E-state index is 11.9. The van der Waals surface area contributed by atoms with E-state index in [4.69, 9.17) is 18.9 Å². The monoisotopic (exact) mass is 390 g/mol. The number of carbonyl (C=O) groups is 1. The summed E-state index contributed by atoms with van der Waals surface area (Å²) in [6, 6.07) is 11.0. The number of esters is 1. The van der Waals surface area contributed by atoms with E-state index in [0.29, 0.717) is 11.5 Å². The molecule has 24 heavy (non-hydrogen) atoms. The summed E-state index contributed by atoms with van der Waals surface area (Å²) < 4.78 is 21.8. The largest absolute Gasteiger partial charge is 0.497 e. The number of hydrogen-bond donors (Lipinski definition) is 0. The Labute approximate surface area is 147 Å². The van der Waals surface area contributed by atoms with Crippen LogP contribution in [0.25, 0.3) is 6.08 Å². The van der Waals surface area contributed by atoms with Gasteiger partial charge in [0.2, 0.25) is 6.79 Å². The SMILES string of the molecule is COc1cccc(/C=C/C(=O)OCc2cc3c(cc2Br)OCO3)c1. The second-order valence-corrected chi connectivity index (χ2v) is 5.87. The Balaban J connectivity index is 1.60. The highest BCUT2D eigenvalue weighted by Gasteiger charge is 2.16. The topological polar surface area (TPSA) is 54.0 Å². The Morgan fingerprint density at radius 2 is 2.04 bits per heavy atom. The Kier molecular flexibility index (Phi) is 5.05. The fourth-order valence-electron chi connectivity index (χ4n) is 2.18. The third kappa shape index (κ3) is 3.89. The summed E-state index contributed by atoms with van der Waals surface area (Å²) in [6.07, 6.45) is 3.06. The second-order valence-electron chi connectivity index (χ2n) is 5.01. The van der Waals surface area contributed by atoms with Crippen molar-refractivity contribution >= 4 is 28.0 Å². The van der Waals surface area contributed by atoms with Gasteiger partial charge >= 0.3 is 5.97 Å². The zero-order valence-electron chi connectivity index (χ0n) is 13.0. The lowest BCUT2D eigenvalue weighted by Gasteiger charge is -2.06. The number of carbonyl (C=O) groups excluding carboxylic acids is 1. The van der Waals surface area contributed by atoms with E-state index < -0.39 is 5.97 Å². The Hall–Kier alpha value is -2.47. The van der Waals surface area contributed by atoms with Crippen molar-refractivity contribution in [2.45, 2.75) is 6.61 Å². The van der Waals surface area contributed by atoms with E-state index in [2.05, 4.69) is 15.9 Å². The molecular weight excluding hydrogens is 376 g/mol. The molecule has 0 unspecified atom stereocenters.